The quantitative estimate of drug-likeness (QED) is 0.189. The molecule has 12 heteroatoms. The third kappa shape index (κ3) is 6.45. The highest BCUT2D eigenvalue weighted by atomic mass is 35.5. The number of pyridine rings is 1. The lowest BCUT2D eigenvalue weighted by Gasteiger charge is -2.47. The van der Waals surface area contributed by atoms with Crippen LogP contribution < -0.4 is 0 Å². The Hall–Kier alpha value is -3.90. The van der Waals surface area contributed by atoms with Gasteiger partial charge in [-0.15, -0.1) is 11.3 Å². The first-order chi connectivity index (χ1) is 23.3. The van der Waals surface area contributed by atoms with Crippen LogP contribution in [0.1, 0.15) is 69.4 Å². The van der Waals surface area contributed by atoms with Crippen LogP contribution in [0.25, 0.3) is 42.9 Å². The van der Waals surface area contributed by atoms with E-state index in [0.717, 1.165) is 93.2 Å². The zero-order chi connectivity index (χ0) is 34.8. The number of hydrogen-bond donors (Lipinski definition) is 1. The summed E-state index contributed by atoms with van der Waals surface area (Å²) in [6.07, 6.45) is 2.67. The molecular formula is C37H41ClN6O4S. The molecule has 3 aromatic heterocycles. The van der Waals surface area contributed by atoms with Gasteiger partial charge in [0, 0.05) is 72.3 Å². The number of carbonyl (C=O) groups is 2. The van der Waals surface area contributed by atoms with E-state index in [1.54, 1.807) is 6.92 Å². The number of halogens is 1. The number of fused-ring (bicyclic) bond motifs is 2. The van der Waals surface area contributed by atoms with E-state index in [0.29, 0.717) is 22.5 Å². The highest BCUT2D eigenvalue weighted by Crippen LogP contribution is 2.45. The maximum absolute atomic E-state index is 12.7. The number of nitrogens with zero attached hydrogens (tertiary/aromatic N) is 6. The van der Waals surface area contributed by atoms with E-state index in [9.17, 15) is 14.7 Å². The molecule has 0 unspecified atom stereocenters. The van der Waals surface area contributed by atoms with E-state index in [2.05, 4.69) is 11.0 Å². The first-order valence-corrected chi connectivity index (χ1v) is 17.9. The molecule has 2 saturated heterocycles. The van der Waals surface area contributed by atoms with Gasteiger partial charge in [0.1, 0.15) is 5.01 Å². The molecule has 0 bridgehead atoms. The lowest BCUT2D eigenvalue weighted by molar-refractivity contribution is -0.160. The number of aliphatic carboxylic acids is 1. The molecule has 0 aliphatic carbocycles. The van der Waals surface area contributed by atoms with Crippen LogP contribution in [0.5, 0.6) is 0 Å². The molecule has 1 atom stereocenters. The van der Waals surface area contributed by atoms with Gasteiger partial charge in [0.25, 0.3) is 0 Å². The molecule has 7 rings (SSSR count). The van der Waals surface area contributed by atoms with Crippen molar-refractivity contribution in [3.8, 4) is 21.7 Å². The summed E-state index contributed by atoms with van der Waals surface area (Å²) < 4.78 is 8.92. The Morgan fingerprint density at radius 1 is 1.08 bits per heavy atom. The number of carboxylic acids is 1. The molecule has 5 aromatic rings. The normalized spacial score (nSPS) is 17.2. The minimum atomic E-state index is -1.18. The summed E-state index contributed by atoms with van der Waals surface area (Å²) in [7, 11) is 1.94. The van der Waals surface area contributed by atoms with Crippen molar-refractivity contribution >= 4 is 56.1 Å². The monoisotopic (exact) mass is 700 g/mol. The van der Waals surface area contributed by atoms with Gasteiger partial charge in [-0.1, -0.05) is 23.7 Å². The lowest BCUT2D eigenvalue weighted by atomic mass is 9.90. The highest BCUT2D eigenvalue weighted by Gasteiger charge is 2.36. The first-order valence-electron chi connectivity index (χ1n) is 16.7. The average Bonchev–Trinajstić information content (AvgIpc) is 3.59. The van der Waals surface area contributed by atoms with Gasteiger partial charge in [0.2, 0.25) is 5.91 Å². The number of aromatic nitrogens is 4. The standard InChI is InChI=1S/C37H41ClN6O4S/c1-20-15-28-33(30(22-7-9-25(38)10-8-22)29(20)32(36(46)47)48-37(3,4)5)49-35(40-28)24-16-27-31(41-42(6)34(27)39-17-24)23-11-13-43(14-12-23)26-18-44(19-26)21(2)45/h7-10,15-17,23,26,32H,11-14,18-19H2,1-6H3,(H,46,47)/t32-/m0/s1. The van der Waals surface area contributed by atoms with E-state index in [1.807, 2.05) is 80.9 Å². The Kier molecular flexibility index (Phi) is 8.75. The lowest BCUT2D eigenvalue weighted by Crippen LogP contribution is -2.61. The smallest absolute Gasteiger partial charge is 0.337 e. The van der Waals surface area contributed by atoms with E-state index in [-0.39, 0.29) is 5.91 Å². The van der Waals surface area contributed by atoms with Gasteiger partial charge in [-0.2, -0.15) is 5.10 Å². The number of piperidine rings is 1. The number of ether oxygens (including phenoxy) is 1. The van der Waals surface area contributed by atoms with Crippen molar-refractivity contribution in [2.45, 2.75) is 71.1 Å². The molecule has 2 aromatic carbocycles. The maximum atomic E-state index is 12.7. The molecule has 0 spiro atoms. The average molecular weight is 701 g/mol. The summed E-state index contributed by atoms with van der Waals surface area (Å²) in [6, 6.07) is 12.0. The van der Waals surface area contributed by atoms with Gasteiger partial charge in [0.15, 0.2) is 11.8 Å². The molecule has 5 heterocycles. The number of benzene rings is 2. The number of hydrogen-bond acceptors (Lipinski definition) is 8. The molecule has 10 nitrogen and oxygen atoms in total. The van der Waals surface area contributed by atoms with Crippen LogP contribution in [0.2, 0.25) is 5.02 Å². The van der Waals surface area contributed by atoms with E-state index >= 15 is 0 Å². The predicted octanol–water partition coefficient (Wildman–Crippen LogP) is 7.22. The second-order valence-corrected chi connectivity index (χ2v) is 15.7. The Morgan fingerprint density at radius 3 is 2.41 bits per heavy atom. The fourth-order valence-corrected chi connectivity index (χ4v) is 8.46. The number of rotatable bonds is 7. The van der Waals surface area contributed by atoms with E-state index < -0.39 is 17.7 Å². The minimum Gasteiger partial charge on any atom is -0.479 e. The van der Waals surface area contributed by atoms with Crippen LogP contribution in [0.15, 0.2) is 42.6 Å². The molecule has 1 amide bonds. The van der Waals surface area contributed by atoms with Gasteiger partial charge in [-0.05, 0) is 89.0 Å². The zero-order valence-corrected chi connectivity index (χ0v) is 30.2. The molecule has 2 aliphatic rings. The Bertz CT molecular complexity index is 2070. The summed E-state index contributed by atoms with van der Waals surface area (Å²) in [5.74, 6) is -0.584. The van der Waals surface area contributed by atoms with Crippen LogP contribution in [0, 0.1) is 6.92 Å². The van der Waals surface area contributed by atoms with Gasteiger partial charge < -0.3 is 14.7 Å². The van der Waals surface area contributed by atoms with Crippen molar-refractivity contribution in [1.29, 1.82) is 0 Å². The minimum absolute atomic E-state index is 0.151. The topological polar surface area (TPSA) is 114 Å². The number of thiazole rings is 1. The van der Waals surface area contributed by atoms with Gasteiger partial charge >= 0.3 is 5.97 Å². The van der Waals surface area contributed by atoms with Gasteiger partial charge in [-0.25, -0.2) is 14.8 Å². The van der Waals surface area contributed by atoms with E-state index in [4.69, 9.17) is 31.4 Å². The Balaban J connectivity index is 1.27. The van der Waals surface area contributed by atoms with E-state index in [1.165, 1.54) is 11.3 Å². The van der Waals surface area contributed by atoms with Crippen LogP contribution in [-0.2, 0) is 21.4 Å². The van der Waals surface area contributed by atoms with Crippen LogP contribution >= 0.6 is 22.9 Å². The van der Waals surface area contributed by atoms with Gasteiger partial charge in [-0.3, -0.25) is 14.4 Å². The molecule has 2 fully saturated rings. The fraction of sp³-hybridized carbons (Fsp3) is 0.432. The van der Waals surface area contributed by atoms with Crippen LogP contribution in [0.4, 0.5) is 0 Å². The molecule has 256 valence electrons. The molecule has 2 aliphatic heterocycles. The number of carbonyl (C=O) groups excluding carboxylic acids is 1. The number of amides is 1. The number of aryl methyl sites for hydroxylation is 2. The van der Waals surface area contributed by atoms with Crippen LogP contribution in [-0.4, -0.2) is 84.4 Å². The van der Waals surface area contributed by atoms with Crippen molar-refractivity contribution in [2.24, 2.45) is 7.05 Å². The predicted molar refractivity (Wildman–Crippen MR) is 193 cm³/mol. The van der Waals surface area contributed by atoms with Crippen LogP contribution in [0.3, 0.4) is 0 Å². The van der Waals surface area contributed by atoms with Crippen molar-refractivity contribution in [3.05, 3.63) is 64.4 Å². The largest absolute Gasteiger partial charge is 0.479 e. The summed E-state index contributed by atoms with van der Waals surface area (Å²) >= 11 is 7.80. The summed E-state index contributed by atoms with van der Waals surface area (Å²) in [5, 5.41) is 17.8. The van der Waals surface area contributed by atoms with Crippen molar-refractivity contribution in [3.63, 3.8) is 0 Å². The van der Waals surface area contributed by atoms with Gasteiger partial charge in [0.05, 0.1) is 21.5 Å². The Morgan fingerprint density at radius 2 is 1.78 bits per heavy atom. The third-order valence-electron chi connectivity index (χ3n) is 9.71. The molecule has 49 heavy (non-hydrogen) atoms. The first kappa shape index (κ1) is 33.6. The second-order valence-electron chi connectivity index (χ2n) is 14.3. The van der Waals surface area contributed by atoms with Crippen molar-refractivity contribution in [1.82, 2.24) is 29.5 Å². The number of likely N-dealkylation sites (tertiary alicyclic amines) is 2. The zero-order valence-electron chi connectivity index (χ0n) is 28.7. The molecule has 1 N–H and O–H groups in total. The summed E-state index contributed by atoms with van der Waals surface area (Å²) in [4.78, 5) is 38.8. The Labute approximate surface area is 294 Å². The third-order valence-corrected chi connectivity index (χ3v) is 11.1. The SMILES string of the molecule is CC(=O)N1CC(N2CCC(c3nn(C)c4ncc(-c5nc6cc(C)c([C@H](OC(C)(C)C)C(=O)O)c(-c7ccc(Cl)cc7)c6s5)cc34)CC2)C1. The maximum Gasteiger partial charge on any atom is 0.337 e. The highest BCUT2D eigenvalue weighted by molar-refractivity contribution is 7.22. The molecule has 0 saturated carbocycles. The van der Waals surface area contributed by atoms with Crippen molar-refractivity contribution < 1.29 is 19.4 Å². The second kappa shape index (κ2) is 12.8. The fourth-order valence-electron chi connectivity index (χ4n) is 7.23. The molecular weight excluding hydrogens is 660 g/mol. The molecule has 0 radical (unpaired) electrons. The summed E-state index contributed by atoms with van der Waals surface area (Å²) in [5.41, 5.74) is 5.91. The van der Waals surface area contributed by atoms with Crippen molar-refractivity contribution in [2.75, 3.05) is 26.2 Å². The summed E-state index contributed by atoms with van der Waals surface area (Å²) in [6.45, 7) is 12.7. The number of carboxylic acid groups (broad SMARTS) is 1.